The average molecular weight is 353 g/mol. The van der Waals surface area contributed by atoms with Gasteiger partial charge in [0.15, 0.2) is 0 Å². The van der Waals surface area contributed by atoms with Crippen LogP contribution in [0.4, 0.5) is 0 Å². The highest BCUT2D eigenvalue weighted by Crippen LogP contribution is 2.33. The highest BCUT2D eigenvalue weighted by molar-refractivity contribution is 5.92. The molecule has 1 amide bonds. The summed E-state index contributed by atoms with van der Waals surface area (Å²) >= 11 is 0. The lowest BCUT2D eigenvalue weighted by Crippen LogP contribution is -2.50. The fraction of sp³-hybridized carbons (Fsp3) is 0.524. The average Bonchev–Trinajstić information content (AvgIpc) is 3.19. The Hall–Kier alpha value is -2.14. The van der Waals surface area contributed by atoms with Crippen LogP contribution in [0, 0.1) is 0 Å². The van der Waals surface area contributed by atoms with E-state index in [0.29, 0.717) is 31.3 Å². The van der Waals surface area contributed by atoms with E-state index < -0.39 is 5.60 Å². The Balaban J connectivity index is 1.48. The molecule has 2 heterocycles. The molecule has 0 unspecified atom stereocenters. The quantitative estimate of drug-likeness (QED) is 0.912. The Morgan fingerprint density at radius 2 is 2.00 bits per heavy atom. The number of amides is 1. The van der Waals surface area contributed by atoms with Gasteiger partial charge in [-0.15, -0.1) is 0 Å². The molecule has 1 aliphatic heterocycles. The molecular formula is C21H27N3O2. The van der Waals surface area contributed by atoms with Gasteiger partial charge in [0.25, 0.3) is 5.91 Å². The molecule has 1 aromatic carbocycles. The van der Waals surface area contributed by atoms with E-state index in [0.717, 1.165) is 11.3 Å². The minimum absolute atomic E-state index is 0.00577. The number of nitrogens with one attached hydrogen (secondary N) is 1. The Morgan fingerprint density at radius 3 is 2.77 bits per heavy atom. The van der Waals surface area contributed by atoms with Gasteiger partial charge in [0, 0.05) is 18.2 Å². The van der Waals surface area contributed by atoms with E-state index in [1.54, 1.807) is 0 Å². The summed E-state index contributed by atoms with van der Waals surface area (Å²) in [7, 11) is 0. The molecule has 1 aromatic heterocycles. The van der Waals surface area contributed by atoms with E-state index in [2.05, 4.69) is 29.3 Å². The third-order valence-electron chi connectivity index (χ3n) is 5.81. The highest BCUT2D eigenvalue weighted by Gasteiger charge is 2.36. The second-order valence-corrected chi connectivity index (χ2v) is 7.72. The van der Waals surface area contributed by atoms with E-state index in [-0.39, 0.29) is 5.91 Å². The summed E-state index contributed by atoms with van der Waals surface area (Å²) < 4.78 is 6.05. The highest BCUT2D eigenvalue weighted by atomic mass is 16.5. The number of hydrogen-bond donors (Lipinski definition) is 1. The van der Waals surface area contributed by atoms with Crippen LogP contribution in [0.1, 0.15) is 66.7 Å². The zero-order valence-corrected chi connectivity index (χ0v) is 15.4. The fourth-order valence-corrected chi connectivity index (χ4v) is 4.24. The van der Waals surface area contributed by atoms with Gasteiger partial charge < -0.3 is 9.64 Å². The largest absolute Gasteiger partial charge is 0.367 e. The zero-order valence-electron chi connectivity index (χ0n) is 15.4. The third kappa shape index (κ3) is 3.40. The SMILES string of the molecule is C[C@@]1(c2ccccc2)CN(C(=O)c2cc(C3CCCCC3)[nH]n2)CCO1. The van der Waals surface area contributed by atoms with Gasteiger partial charge in [-0.3, -0.25) is 9.89 Å². The molecule has 1 saturated carbocycles. The number of carbonyl (C=O) groups is 1. The fourth-order valence-electron chi connectivity index (χ4n) is 4.24. The van der Waals surface area contributed by atoms with Crippen LogP contribution in [-0.4, -0.2) is 40.7 Å². The van der Waals surface area contributed by atoms with Crippen LogP contribution in [0.3, 0.4) is 0 Å². The topological polar surface area (TPSA) is 58.2 Å². The third-order valence-corrected chi connectivity index (χ3v) is 5.81. The van der Waals surface area contributed by atoms with Gasteiger partial charge in [0.1, 0.15) is 11.3 Å². The number of benzene rings is 1. The summed E-state index contributed by atoms with van der Waals surface area (Å²) in [4.78, 5) is 14.9. The molecule has 0 bridgehead atoms. The number of hydrogen-bond acceptors (Lipinski definition) is 3. The number of aromatic amines is 1. The van der Waals surface area contributed by atoms with Crippen LogP contribution in [0.2, 0.25) is 0 Å². The van der Waals surface area contributed by atoms with Crippen LogP contribution in [0.15, 0.2) is 36.4 Å². The summed E-state index contributed by atoms with van der Waals surface area (Å²) in [6.45, 7) is 3.74. The maximum Gasteiger partial charge on any atom is 0.274 e. The number of ether oxygens (including phenoxy) is 1. The first-order valence-corrected chi connectivity index (χ1v) is 9.70. The molecule has 2 fully saturated rings. The van der Waals surface area contributed by atoms with E-state index >= 15 is 0 Å². The Labute approximate surface area is 154 Å². The van der Waals surface area contributed by atoms with Crippen molar-refractivity contribution in [3.05, 3.63) is 53.3 Å². The van der Waals surface area contributed by atoms with Gasteiger partial charge in [-0.2, -0.15) is 5.10 Å². The summed E-state index contributed by atoms with van der Waals surface area (Å²) in [6, 6.07) is 12.1. The van der Waals surface area contributed by atoms with Gasteiger partial charge in [0.2, 0.25) is 0 Å². The van der Waals surface area contributed by atoms with Gasteiger partial charge >= 0.3 is 0 Å². The molecule has 1 N–H and O–H groups in total. The van der Waals surface area contributed by atoms with Crippen molar-refractivity contribution in [1.82, 2.24) is 15.1 Å². The number of morpholine rings is 1. The first-order valence-electron chi connectivity index (χ1n) is 9.70. The Bertz CT molecular complexity index is 752. The Kier molecular flexibility index (Phi) is 4.81. The lowest BCUT2D eigenvalue weighted by molar-refractivity contribution is -0.0931. The summed E-state index contributed by atoms with van der Waals surface area (Å²) in [5.74, 6) is 0.519. The van der Waals surface area contributed by atoms with Crippen molar-refractivity contribution in [2.24, 2.45) is 0 Å². The molecule has 138 valence electrons. The van der Waals surface area contributed by atoms with Crippen molar-refractivity contribution >= 4 is 5.91 Å². The van der Waals surface area contributed by atoms with Crippen molar-refractivity contribution in [3.8, 4) is 0 Å². The van der Waals surface area contributed by atoms with Gasteiger partial charge in [-0.05, 0) is 31.4 Å². The van der Waals surface area contributed by atoms with Crippen LogP contribution in [0.5, 0.6) is 0 Å². The monoisotopic (exact) mass is 353 g/mol. The predicted octanol–water partition coefficient (Wildman–Crippen LogP) is 3.85. The lowest BCUT2D eigenvalue weighted by Gasteiger charge is -2.40. The standard InChI is InChI=1S/C21H27N3O2/c1-21(17-10-6-3-7-11-17)15-24(12-13-26-21)20(25)19-14-18(22-23-19)16-8-4-2-5-9-16/h3,6-7,10-11,14,16H,2,4-5,8-9,12-13,15H2,1H3,(H,22,23)/t21-/m0/s1. The van der Waals surface area contributed by atoms with Crippen LogP contribution >= 0.6 is 0 Å². The van der Waals surface area contributed by atoms with Crippen molar-refractivity contribution in [2.75, 3.05) is 19.7 Å². The van der Waals surface area contributed by atoms with E-state index in [4.69, 9.17) is 4.74 Å². The normalized spacial score (nSPS) is 24.6. The molecule has 0 radical (unpaired) electrons. The predicted molar refractivity (Wildman–Crippen MR) is 100 cm³/mol. The van der Waals surface area contributed by atoms with Gasteiger partial charge in [-0.1, -0.05) is 49.6 Å². The number of nitrogens with zero attached hydrogens (tertiary/aromatic N) is 2. The molecule has 2 aromatic rings. The van der Waals surface area contributed by atoms with Gasteiger partial charge in [0.05, 0.1) is 13.2 Å². The van der Waals surface area contributed by atoms with Crippen LogP contribution in [-0.2, 0) is 10.3 Å². The van der Waals surface area contributed by atoms with E-state index in [1.165, 1.54) is 32.1 Å². The maximum atomic E-state index is 13.0. The summed E-state index contributed by atoms with van der Waals surface area (Å²) in [5.41, 5.74) is 2.27. The second kappa shape index (κ2) is 7.23. The number of carbonyl (C=O) groups excluding carboxylic acids is 1. The first-order chi connectivity index (χ1) is 12.7. The molecule has 1 aliphatic carbocycles. The van der Waals surface area contributed by atoms with Crippen molar-refractivity contribution in [1.29, 1.82) is 0 Å². The number of rotatable bonds is 3. The van der Waals surface area contributed by atoms with Crippen molar-refractivity contribution < 1.29 is 9.53 Å². The van der Waals surface area contributed by atoms with E-state index in [1.807, 2.05) is 29.2 Å². The molecule has 4 rings (SSSR count). The minimum Gasteiger partial charge on any atom is -0.367 e. The first kappa shape index (κ1) is 17.3. The molecule has 1 saturated heterocycles. The molecule has 1 atom stereocenters. The lowest BCUT2D eigenvalue weighted by atomic mass is 9.87. The molecular weight excluding hydrogens is 326 g/mol. The zero-order chi connectivity index (χ0) is 18.0. The van der Waals surface area contributed by atoms with Gasteiger partial charge in [-0.25, -0.2) is 0 Å². The van der Waals surface area contributed by atoms with E-state index in [9.17, 15) is 4.79 Å². The number of H-pyrrole nitrogens is 1. The molecule has 2 aliphatic rings. The summed E-state index contributed by atoms with van der Waals surface area (Å²) in [6.07, 6.45) is 6.25. The molecule has 5 heteroatoms. The number of aromatic nitrogens is 2. The maximum absolute atomic E-state index is 13.0. The minimum atomic E-state index is -0.475. The smallest absolute Gasteiger partial charge is 0.274 e. The van der Waals surface area contributed by atoms with Crippen LogP contribution < -0.4 is 0 Å². The van der Waals surface area contributed by atoms with Crippen LogP contribution in [0.25, 0.3) is 0 Å². The molecule has 5 nitrogen and oxygen atoms in total. The Morgan fingerprint density at radius 1 is 1.23 bits per heavy atom. The second-order valence-electron chi connectivity index (χ2n) is 7.72. The van der Waals surface area contributed by atoms with Crippen molar-refractivity contribution in [2.45, 2.75) is 50.5 Å². The molecule has 26 heavy (non-hydrogen) atoms. The van der Waals surface area contributed by atoms with Crippen molar-refractivity contribution in [3.63, 3.8) is 0 Å². The molecule has 0 spiro atoms. The summed E-state index contributed by atoms with van der Waals surface area (Å²) in [5, 5.41) is 7.45.